The van der Waals surface area contributed by atoms with Gasteiger partial charge in [-0.25, -0.2) is 13.2 Å². The van der Waals surface area contributed by atoms with E-state index in [1.54, 1.807) is 31.2 Å². The normalized spacial score (nSPS) is 15.0. The van der Waals surface area contributed by atoms with Crippen LogP contribution in [0.3, 0.4) is 0 Å². The van der Waals surface area contributed by atoms with Crippen LogP contribution in [-0.2, 0) is 19.6 Å². The second-order valence-corrected chi connectivity index (χ2v) is 9.61. The van der Waals surface area contributed by atoms with Crippen LogP contribution in [0.2, 0.25) is 0 Å². The Morgan fingerprint density at radius 2 is 1.48 bits per heavy atom. The van der Waals surface area contributed by atoms with Crippen LogP contribution in [0.4, 0.5) is 16.2 Å². The molecule has 1 fully saturated rings. The average Bonchev–Trinajstić information content (AvgIpc) is 2.80. The van der Waals surface area contributed by atoms with Gasteiger partial charge in [0.15, 0.2) is 5.78 Å². The number of amides is 2. The molecular formula is C23H27N3O6S. The lowest BCUT2D eigenvalue weighted by molar-refractivity contribution is -0.120. The van der Waals surface area contributed by atoms with Gasteiger partial charge in [0, 0.05) is 35.9 Å². The van der Waals surface area contributed by atoms with Crippen molar-refractivity contribution in [2.75, 3.05) is 30.3 Å². The first kappa shape index (κ1) is 24.4. The van der Waals surface area contributed by atoms with Crippen molar-refractivity contribution in [1.82, 2.24) is 4.31 Å². The number of piperidine rings is 1. The SMILES string of the molecule is CCOC(=O)Nc1ccc(NC(=O)C2CCN(S(=O)(=O)c3ccc(C(C)=O)cc3)CC2)cc1. The molecule has 2 aromatic carbocycles. The number of rotatable bonds is 7. The summed E-state index contributed by atoms with van der Waals surface area (Å²) < 4.78 is 32.0. The number of carbonyl (C=O) groups excluding carboxylic acids is 3. The molecule has 0 radical (unpaired) electrons. The van der Waals surface area contributed by atoms with Crippen LogP contribution in [0.15, 0.2) is 53.4 Å². The third-order valence-corrected chi connectivity index (χ3v) is 7.31. The van der Waals surface area contributed by atoms with Crippen LogP contribution < -0.4 is 10.6 Å². The summed E-state index contributed by atoms with van der Waals surface area (Å²) in [5, 5.41) is 5.41. The van der Waals surface area contributed by atoms with E-state index in [1.807, 2.05) is 0 Å². The van der Waals surface area contributed by atoms with Crippen LogP contribution in [0.25, 0.3) is 0 Å². The summed E-state index contributed by atoms with van der Waals surface area (Å²) in [7, 11) is -3.69. The summed E-state index contributed by atoms with van der Waals surface area (Å²) in [5.74, 6) is -0.617. The zero-order chi connectivity index (χ0) is 24.0. The zero-order valence-corrected chi connectivity index (χ0v) is 19.4. The van der Waals surface area contributed by atoms with Crippen molar-refractivity contribution in [2.45, 2.75) is 31.6 Å². The minimum absolute atomic E-state index is 0.129. The Kier molecular flexibility index (Phi) is 7.83. The Bertz CT molecular complexity index is 1110. The number of hydrogen-bond acceptors (Lipinski definition) is 6. The van der Waals surface area contributed by atoms with Gasteiger partial charge in [-0.15, -0.1) is 0 Å². The van der Waals surface area contributed by atoms with Crippen molar-refractivity contribution in [3.63, 3.8) is 0 Å². The summed E-state index contributed by atoms with van der Waals surface area (Å²) in [4.78, 5) is 35.6. The monoisotopic (exact) mass is 473 g/mol. The van der Waals surface area contributed by atoms with E-state index in [-0.39, 0.29) is 42.2 Å². The number of anilines is 2. The summed E-state index contributed by atoms with van der Waals surface area (Å²) >= 11 is 0. The summed E-state index contributed by atoms with van der Waals surface area (Å²) in [6.45, 7) is 3.87. The van der Waals surface area contributed by atoms with Gasteiger partial charge in [0.25, 0.3) is 0 Å². The van der Waals surface area contributed by atoms with E-state index in [9.17, 15) is 22.8 Å². The van der Waals surface area contributed by atoms with Gasteiger partial charge in [0.05, 0.1) is 11.5 Å². The molecule has 0 spiro atoms. The Morgan fingerprint density at radius 1 is 0.939 bits per heavy atom. The summed E-state index contributed by atoms with van der Waals surface area (Å²) in [6, 6.07) is 12.5. The second kappa shape index (κ2) is 10.6. The maximum Gasteiger partial charge on any atom is 0.411 e. The van der Waals surface area contributed by atoms with E-state index in [2.05, 4.69) is 10.6 Å². The van der Waals surface area contributed by atoms with Gasteiger partial charge < -0.3 is 10.1 Å². The minimum atomic E-state index is -3.69. The Balaban J connectivity index is 1.54. The number of carbonyl (C=O) groups is 3. The van der Waals surface area contributed by atoms with Gasteiger partial charge in [-0.1, -0.05) is 12.1 Å². The maximum absolute atomic E-state index is 12.9. The molecule has 0 bridgehead atoms. The minimum Gasteiger partial charge on any atom is -0.450 e. The number of ketones is 1. The lowest BCUT2D eigenvalue weighted by Gasteiger charge is -2.30. The van der Waals surface area contributed by atoms with Crippen LogP contribution in [-0.4, -0.2) is 50.2 Å². The molecule has 0 unspecified atom stereocenters. The van der Waals surface area contributed by atoms with E-state index >= 15 is 0 Å². The van der Waals surface area contributed by atoms with Crippen molar-refractivity contribution in [3.8, 4) is 0 Å². The van der Waals surface area contributed by atoms with E-state index in [4.69, 9.17) is 4.74 Å². The van der Waals surface area contributed by atoms with Gasteiger partial charge >= 0.3 is 6.09 Å². The first-order valence-electron chi connectivity index (χ1n) is 10.7. The van der Waals surface area contributed by atoms with Crippen LogP contribution in [0.1, 0.15) is 37.0 Å². The molecule has 0 aromatic heterocycles. The fourth-order valence-electron chi connectivity index (χ4n) is 3.54. The number of sulfonamides is 1. The molecular weight excluding hydrogens is 446 g/mol. The van der Waals surface area contributed by atoms with Crippen LogP contribution >= 0.6 is 0 Å². The molecule has 1 aliphatic heterocycles. The van der Waals surface area contributed by atoms with Crippen molar-refractivity contribution < 1.29 is 27.5 Å². The fourth-order valence-corrected chi connectivity index (χ4v) is 5.00. The molecule has 33 heavy (non-hydrogen) atoms. The predicted molar refractivity (Wildman–Crippen MR) is 124 cm³/mol. The number of hydrogen-bond donors (Lipinski definition) is 2. The average molecular weight is 474 g/mol. The third-order valence-electron chi connectivity index (χ3n) is 5.40. The van der Waals surface area contributed by atoms with Gasteiger partial charge in [0.1, 0.15) is 0 Å². The molecule has 0 saturated carbocycles. The molecule has 2 N–H and O–H groups in total. The first-order valence-corrected chi connectivity index (χ1v) is 12.1. The van der Waals surface area contributed by atoms with Crippen molar-refractivity contribution in [1.29, 1.82) is 0 Å². The standard InChI is InChI=1S/C23H27N3O6S/c1-3-32-23(29)25-20-8-6-19(7-9-20)24-22(28)18-12-14-26(15-13-18)33(30,31)21-10-4-17(5-11-21)16(2)27/h4-11,18H,3,12-15H2,1-2H3,(H,24,28)(H,25,29). The van der Waals surface area contributed by atoms with Gasteiger partial charge in [-0.3, -0.25) is 14.9 Å². The molecule has 176 valence electrons. The van der Waals surface area contributed by atoms with Gasteiger partial charge in [0.2, 0.25) is 15.9 Å². The van der Waals surface area contributed by atoms with Crippen molar-refractivity contribution in [2.24, 2.45) is 5.92 Å². The number of nitrogens with zero attached hydrogens (tertiary/aromatic N) is 1. The molecule has 2 aromatic rings. The maximum atomic E-state index is 12.9. The Labute approximate surface area is 193 Å². The molecule has 3 rings (SSSR count). The van der Waals surface area contributed by atoms with E-state index < -0.39 is 16.1 Å². The fraction of sp³-hybridized carbons (Fsp3) is 0.348. The predicted octanol–water partition coefficient (Wildman–Crippen LogP) is 3.50. The number of nitrogens with one attached hydrogen (secondary N) is 2. The van der Waals surface area contributed by atoms with E-state index in [0.717, 1.165) is 0 Å². The molecule has 1 heterocycles. The topological polar surface area (TPSA) is 122 Å². The molecule has 2 amide bonds. The highest BCUT2D eigenvalue weighted by Gasteiger charge is 2.32. The number of Topliss-reactive ketones (excluding diaryl/α,β-unsaturated/α-hetero) is 1. The van der Waals surface area contributed by atoms with Gasteiger partial charge in [-0.05, 0) is 63.1 Å². The molecule has 1 saturated heterocycles. The highest BCUT2D eigenvalue weighted by Crippen LogP contribution is 2.25. The zero-order valence-electron chi connectivity index (χ0n) is 18.5. The highest BCUT2D eigenvalue weighted by molar-refractivity contribution is 7.89. The lowest BCUT2D eigenvalue weighted by atomic mass is 9.97. The summed E-state index contributed by atoms with van der Waals surface area (Å²) in [6.07, 6.45) is 0.254. The molecule has 9 nitrogen and oxygen atoms in total. The first-order chi connectivity index (χ1) is 15.7. The largest absolute Gasteiger partial charge is 0.450 e. The summed E-state index contributed by atoms with van der Waals surface area (Å²) in [5.41, 5.74) is 1.57. The molecule has 0 aliphatic carbocycles. The van der Waals surface area contributed by atoms with Crippen molar-refractivity contribution in [3.05, 3.63) is 54.1 Å². The highest BCUT2D eigenvalue weighted by atomic mass is 32.2. The number of benzene rings is 2. The molecule has 0 atom stereocenters. The van der Waals surface area contributed by atoms with Gasteiger partial charge in [-0.2, -0.15) is 4.31 Å². The van der Waals surface area contributed by atoms with E-state index in [0.29, 0.717) is 29.8 Å². The van der Waals surface area contributed by atoms with E-state index in [1.165, 1.54) is 35.5 Å². The smallest absolute Gasteiger partial charge is 0.411 e. The van der Waals surface area contributed by atoms with Crippen LogP contribution in [0, 0.1) is 5.92 Å². The quantitative estimate of drug-likeness (QED) is 0.594. The Hall–Kier alpha value is -3.24. The lowest BCUT2D eigenvalue weighted by Crippen LogP contribution is -2.41. The van der Waals surface area contributed by atoms with Crippen LogP contribution in [0.5, 0.6) is 0 Å². The second-order valence-electron chi connectivity index (χ2n) is 7.67. The number of ether oxygens (including phenoxy) is 1. The third kappa shape index (κ3) is 6.17. The molecule has 1 aliphatic rings. The molecule has 10 heteroatoms. The Morgan fingerprint density at radius 3 is 2.00 bits per heavy atom. The van der Waals surface area contributed by atoms with Crippen molar-refractivity contribution >= 4 is 39.2 Å².